The van der Waals surface area contributed by atoms with E-state index in [9.17, 15) is 8.78 Å². The maximum Gasteiger partial charge on any atom is 0.149 e. The first kappa shape index (κ1) is 10.9. The lowest BCUT2D eigenvalue weighted by atomic mass is 10.0. The van der Waals surface area contributed by atoms with Gasteiger partial charge < -0.3 is 11.5 Å². The maximum absolute atomic E-state index is 13.0. The van der Waals surface area contributed by atoms with Gasteiger partial charge in [-0.3, -0.25) is 0 Å². The van der Waals surface area contributed by atoms with Crippen molar-refractivity contribution in [1.29, 1.82) is 0 Å². The zero-order valence-electron chi connectivity index (χ0n) is 8.06. The number of nitrogen functional groups attached to an aromatic ring is 1. The first-order valence-electron chi connectivity index (χ1n) is 4.56. The first-order chi connectivity index (χ1) is 6.56. The summed E-state index contributed by atoms with van der Waals surface area (Å²) in [4.78, 5) is 0. The third-order valence-electron chi connectivity index (χ3n) is 2.13. The van der Waals surface area contributed by atoms with Crippen molar-refractivity contribution in [1.82, 2.24) is 0 Å². The summed E-state index contributed by atoms with van der Waals surface area (Å²) < 4.78 is 26.0. The molecule has 0 saturated heterocycles. The fourth-order valence-corrected chi connectivity index (χ4v) is 1.30. The van der Waals surface area contributed by atoms with E-state index in [4.69, 9.17) is 11.5 Å². The Morgan fingerprint density at radius 1 is 1.29 bits per heavy atom. The van der Waals surface area contributed by atoms with Gasteiger partial charge in [-0.05, 0) is 24.1 Å². The van der Waals surface area contributed by atoms with Gasteiger partial charge in [0.2, 0.25) is 0 Å². The highest BCUT2D eigenvalue weighted by Gasteiger charge is 2.11. The largest absolute Gasteiger partial charge is 0.394 e. The van der Waals surface area contributed by atoms with Gasteiger partial charge in [-0.15, -0.1) is 0 Å². The minimum Gasteiger partial charge on any atom is -0.394 e. The number of anilines is 1. The van der Waals surface area contributed by atoms with Crippen molar-refractivity contribution in [3.05, 3.63) is 29.3 Å². The summed E-state index contributed by atoms with van der Waals surface area (Å²) in [6.07, 6.45) is 1.57. The van der Waals surface area contributed by atoms with Gasteiger partial charge in [0.25, 0.3) is 0 Å². The van der Waals surface area contributed by atoms with Crippen LogP contribution in [-0.2, 0) is 0 Å². The van der Waals surface area contributed by atoms with Crippen molar-refractivity contribution in [3.8, 4) is 0 Å². The van der Waals surface area contributed by atoms with Gasteiger partial charge in [0.1, 0.15) is 17.3 Å². The molecule has 1 atom stereocenters. The topological polar surface area (TPSA) is 52.0 Å². The number of hydrogen-bond acceptors (Lipinski definition) is 2. The molecule has 1 rings (SSSR count). The van der Waals surface area contributed by atoms with Crippen LogP contribution in [0.3, 0.4) is 0 Å². The number of benzene rings is 1. The van der Waals surface area contributed by atoms with E-state index >= 15 is 0 Å². The number of nitrogens with two attached hydrogens (primary N) is 2. The van der Waals surface area contributed by atoms with Crippen LogP contribution in [-0.4, -0.2) is 0 Å². The Balaban J connectivity index is 3.00. The molecule has 4 heteroatoms. The molecule has 78 valence electrons. The van der Waals surface area contributed by atoms with Crippen LogP contribution in [0.4, 0.5) is 14.5 Å². The van der Waals surface area contributed by atoms with Crippen molar-refractivity contribution in [2.24, 2.45) is 5.73 Å². The molecule has 14 heavy (non-hydrogen) atoms. The number of hydrogen-bond donors (Lipinski definition) is 2. The van der Waals surface area contributed by atoms with E-state index in [0.29, 0.717) is 12.0 Å². The molecule has 0 heterocycles. The molecule has 1 aromatic carbocycles. The fourth-order valence-electron chi connectivity index (χ4n) is 1.30. The SMILES string of the molecule is CCC[C@H](N)c1cc(F)c(N)c(F)c1. The molecule has 0 aliphatic rings. The fraction of sp³-hybridized carbons (Fsp3) is 0.400. The lowest BCUT2D eigenvalue weighted by molar-refractivity contribution is 0.572. The predicted molar refractivity (Wildman–Crippen MR) is 52.6 cm³/mol. The van der Waals surface area contributed by atoms with E-state index < -0.39 is 17.3 Å². The summed E-state index contributed by atoms with van der Waals surface area (Å²) in [5, 5.41) is 0. The van der Waals surface area contributed by atoms with Crippen molar-refractivity contribution >= 4 is 5.69 Å². The van der Waals surface area contributed by atoms with Crippen LogP contribution in [0.1, 0.15) is 31.4 Å². The summed E-state index contributed by atoms with van der Waals surface area (Å²) in [7, 11) is 0. The Hall–Kier alpha value is -1.16. The van der Waals surface area contributed by atoms with E-state index in [-0.39, 0.29) is 6.04 Å². The summed E-state index contributed by atoms with van der Waals surface area (Å²) >= 11 is 0. The highest BCUT2D eigenvalue weighted by atomic mass is 19.1. The maximum atomic E-state index is 13.0. The molecule has 0 unspecified atom stereocenters. The van der Waals surface area contributed by atoms with E-state index in [0.717, 1.165) is 6.42 Å². The van der Waals surface area contributed by atoms with Crippen molar-refractivity contribution in [3.63, 3.8) is 0 Å². The van der Waals surface area contributed by atoms with E-state index in [1.54, 1.807) is 0 Å². The Morgan fingerprint density at radius 2 is 1.79 bits per heavy atom. The zero-order chi connectivity index (χ0) is 10.7. The van der Waals surface area contributed by atoms with E-state index in [1.807, 2.05) is 6.92 Å². The van der Waals surface area contributed by atoms with Crippen LogP contribution in [0.25, 0.3) is 0 Å². The molecule has 0 spiro atoms. The Morgan fingerprint density at radius 3 is 2.21 bits per heavy atom. The Kier molecular flexibility index (Phi) is 3.41. The van der Waals surface area contributed by atoms with Gasteiger partial charge in [0.05, 0.1) is 0 Å². The minimum atomic E-state index is -0.744. The van der Waals surface area contributed by atoms with Crippen LogP contribution < -0.4 is 11.5 Å². The highest BCUT2D eigenvalue weighted by molar-refractivity contribution is 5.43. The van der Waals surface area contributed by atoms with Crippen LogP contribution >= 0.6 is 0 Å². The second kappa shape index (κ2) is 4.37. The third kappa shape index (κ3) is 2.20. The smallest absolute Gasteiger partial charge is 0.149 e. The summed E-state index contributed by atoms with van der Waals surface area (Å²) in [5.74, 6) is -1.49. The lowest BCUT2D eigenvalue weighted by Gasteiger charge is -2.11. The average Bonchev–Trinajstić information content (AvgIpc) is 2.13. The van der Waals surface area contributed by atoms with Crippen LogP contribution in [0.15, 0.2) is 12.1 Å². The Bertz CT molecular complexity index is 303. The van der Waals surface area contributed by atoms with Crippen LogP contribution in [0.5, 0.6) is 0 Å². The predicted octanol–water partition coefficient (Wildman–Crippen LogP) is 2.35. The van der Waals surface area contributed by atoms with Crippen LogP contribution in [0.2, 0.25) is 0 Å². The molecule has 0 radical (unpaired) electrons. The zero-order valence-corrected chi connectivity index (χ0v) is 8.06. The molecular weight excluding hydrogens is 186 g/mol. The molecule has 0 aromatic heterocycles. The van der Waals surface area contributed by atoms with Gasteiger partial charge in [-0.2, -0.15) is 0 Å². The van der Waals surface area contributed by atoms with Crippen molar-refractivity contribution in [2.75, 3.05) is 5.73 Å². The second-order valence-corrected chi connectivity index (χ2v) is 3.29. The third-order valence-corrected chi connectivity index (χ3v) is 2.13. The average molecular weight is 200 g/mol. The number of rotatable bonds is 3. The van der Waals surface area contributed by atoms with Gasteiger partial charge in [-0.25, -0.2) is 8.78 Å². The number of halogens is 2. The molecule has 0 bridgehead atoms. The van der Waals surface area contributed by atoms with Crippen molar-refractivity contribution < 1.29 is 8.78 Å². The highest BCUT2D eigenvalue weighted by Crippen LogP contribution is 2.22. The molecule has 2 nitrogen and oxygen atoms in total. The van der Waals surface area contributed by atoms with Gasteiger partial charge >= 0.3 is 0 Å². The second-order valence-electron chi connectivity index (χ2n) is 3.29. The van der Waals surface area contributed by atoms with Gasteiger partial charge in [0.15, 0.2) is 0 Å². The van der Waals surface area contributed by atoms with E-state index in [2.05, 4.69) is 0 Å². The van der Waals surface area contributed by atoms with Gasteiger partial charge in [-0.1, -0.05) is 13.3 Å². The van der Waals surface area contributed by atoms with Crippen LogP contribution in [0, 0.1) is 11.6 Å². The van der Waals surface area contributed by atoms with Gasteiger partial charge in [0, 0.05) is 6.04 Å². The summed E-state index contributed by atoms with van der Waals surface area (Å²) in [6, 6.07) is 2.06. The Labute approximate surface area is 81.9 Å². The molecule has 0 aliphatic carbocycles. The summed E-state index contributed by atoms with van der Waals surface area (Å²) in [6.45, 7) is 1.96. The molecular formula is C10H14F2N2. The van der Waals surface area contributed by atoms with Crippen molar-refractivity contribution in [2.45, 2.75) is 25.8 Å². The minimum absolute atomic E-state index is 0.329. The lowest BCUT2D eigenvalue weighted by Crippen LogP contribution is -2.11. The normalized spacial score (nSPS) is 12.9. The summed E-state index contributed by atoms with van der Waals surface area (Å²) in [5.41, 5.74) is 10.9. The molecule has 4 N–H and O–H groups in total. The molecule has 0 amide bonds. The molecule has 0 saturated carbocycles. The standard InChI is InChI=1S/C10H14F2N2/c1-2-3-9(13)6-4-7(11)10(14)8(12)5-6/h4-5,9H,2-3,13-14H2,1H3/t9-/m0/s1. The first-order valence-corrected chi connectivity index (χ1v) is 4.56. The molecule has 0 fully saturated rings. The quantitative estimate of drug-likeness (QED) is 0.736. The van der Waals surface area contributed by atoms with E-state index in [1.165, 1.54) is 12.1 Å². The molecule has 0 aliphatic heterocycles. The molecule has 1 aromatic rings. The monoisotopic (exact) mass is 200 g/mol.